The van der Waals surface area contributed by atoms with E-state index in [9.17, 15) is 4.79 Å². The maximum Gasteiger partial charge on any atom is 0.231 e. The van der Waals surface area contributed by atoms with E-state index in [0.717, 1.165) is 64.8 Å². The standard InChI is InChI=1S/C24H29BrN6O3S/c1-24(2,3)22(32)30-7-4-14(5-8-30)6-9-31-21-19(20(26)27-12-28-21)29-23(31)35-18-11-17-16(10-15(18)25)33-13-34-17/h10-12,14H,4-9,13H2,1-3H3,(H2,26,27,28). The Morgan fingerprint density at radius 2 is 1.91 bits per heavy atom. The summed E-state index contributed by atoms with van der Waals surface area (Å²) in [6, 6.07) is 3.87. The number of carbonyl (C=O) groups excluding carboxylic acids is 1. The van der Waals surface area contributed by atoms with Crippen LogP contribution in [0.5, 0.6) is 11.5 Å². The summed E-state index contributed by atoms with van der Waals surface area (Å²) in [7, 11) is 0. The van der Waals surface area contributed by atoms with E-state index in [2.05, 4.69) is 30.5 Å². The number of nitrogen functional groups attached to an aromatic ring is 1. The van der Waals surface area contributed by atoms with Crippen LogP contribution >= 0.6 is 27.7 Å². The number of ether oxygens (including phenoxy) is 2. The van der Waals surface area contributed by atoms with Crippen LogP contribution in [0, 0.1) is 11.3 Å². The second-order valence-electron chi connectivity index (χ2n) is 9.99. The molecule has 186 valence electrons. The fraction of sp³-hybridized carbons (Fsp3) is 0.500. The molecule has 1 saturated heterocycles. The van der Waals surface area contributed by atoms with Crippen LogP contribution < -0.4 is 15.2 Å². The number of benzene rings is 1. The lowest BCUT2D eigenvalue weighted by molar-refractivity contribution is -0.140. The molecular formula is C24H29BrN6O3S. The fourth-order valence-corrected chi connectivity index (χ4v) is 6.01. The molecule has 3 aromatic rings. The monoisotopic (exact) mass is 560 g/mol. The number of amides is 1. The molecule has 2 aliphatic heterocycles. The molecule has 9 nitrogen and oxygen atoms in total. The van der Waals surface area contributed by atoms with Crippen LogP contribution in [0.4, 0.5) is 5.82 Å². The minimum Gasteiger partial charge on any atom is -0.454 e. The number of nitrogens with zero attached hydrogens (tertiary/aromatic N) is 5. The van der Waals surface area contributed by atoms with Crippen LogP contribution in [-0.4, -0.2) is 50.2 Å². The molecule has 0 aliphatic carbocycles. The Kier molecular flexibility index (Phi) is 6.56. The minimum absolute atomic E-state index is 0.223. The Morgan fingerprint density at radius 1 is 1.20 bits per heavy atom. The molecule has 0 bridgehead atoms. The number of likely N-dealkylation sites (tertiary alicyclic amines) is 1. The number of carbonyl (C=O) groups is 1. The van der Waals surface area contributed by atoms with Crippen molar-refractivity contribution in [1.29, 1.82) is 0 Å². The van der Waals surface area contributed by atoms with E-state index in [4.69, 9.17) is 20.2 Å². The van der Waals surface area contributed by atoms with Crippen LogP contribution in [0.25, 0.3) is 11.2 Å². The summed E-state index contributed by atoms with van der Waals surface area (Å²) in [4.78, 5) is 29.0. The smallest absolute Gasteiger partial charge is 0.231 e. The number of rotatable bonds is 5. The number of nitrogens with two attached hydrogens (primary N) is 1. The average molecular weight is 562 g/mol. The predicted octanol–water partition coefficient (Wildman–Crippen LogP) is 4.73. The van der Waals surface area contributed by atoms with Gasteiger partial charge < -0.3 is 24.7 Å². The largest absolute Gasteiger partial charge is 0.454 e. The molecule has 2 aromatic heterocycles. The van der Waals surface area contributed by atoms with Crippen molar-refractivity contribution in [1.82, 2.24) is 24.4 Å². The van der Waals surface area contributed by atoms with Crippen LogP contribution in [-0.2, 0) is 11.3 Å². The highest BCUT2D eigenvalue weighted by atomic mass is 79.9. The summed E-state index contributed by atoms with van der Waals surface area (Å²) in [6.45, 7) is 8.55. The summed E-state index contributed by atoms with van der Waals surface area (Å²) < 4.78 is 14.1. The molecule has 0 radical (unpaired) electrons. The van der Waals surface area contributed by atoms with Crippen LogP contribution in [0.15, 0.2) is 33.0 Å². The highest BCUT2D eigenvalue weighted by Crippen LogP contribution is 2.43. The highest BCUT2D eigenvalue weighted by molar-refractivity contribution is 9.10. The van der Waals surface area contributed by atoms with Gasteiger partial charge in [0, 0.05) is 34.4 Å². The molecule has 35 heavy (non-hydrogen) atoms. The van der Waals surface area contributed by atoms with Crippen molar-refractivity contribution < 1.29 is 14.3 Å². The van der Waals surface area contributed by atoms with E-state index in [1.165, 1.54) is 18.1 Å². The Balaban J connectivity index is 1.34. The van der Waals surface area contributed by atoms with Gasteiger partial charge in [-0.05, 0) is 53.2 Å². The number of aryl methyl sites for hydroxylation is 1. The van der Waals surface area contributed by atoms with Crippen molar-refractivity contribution in [2.45, 2.75) is 56.6 Å². The van der Waals surface area contributed by atoms with Crippen molar-refractivity contribution in [2.75, 3.05) is 25.6 Å². The van der Waals surface area contributed by atoms with Gasteiger partial charge in [-0.1, -0.05) is 32.5 Å². The van der Waals surface area contributed by atoms with Gasteiger partial charge in [-0.25, -0.2) is 15.0 Å². The normalized spacial score (nSPS) is 16.3. The third-order valence-corrected chi connectivity index (χ3v) is 8.43. The maximum absolute atomic E-state index is 12.6. The first kappa shape index (κ1) is 24.2. The van der Waals surface area contributed by atoms with Gasteiger partial charge >= 0.3 is 0 Å². The number of anilines is 1. The van der Waals surface area contributed by atoms with E-state index in [1.807, 2.05) is 37.8 Å². The van der Waals surface area contributed by atoms with Gasteiger partial charge in [0.25, 0.3) is 0 Å². The first-order valence-corrected chi connectivity index (χ1v) is 13.3. The van der Waals surface area contributed by atoms with E-state index >= 15 is 0 Å². The molecule has 0 spiro atoms. The third kappa shape index (κ3) is 4.93. The zero-order valence-electron chi connectivity index (χ0n) is 20.1. The van der Waals surface area contributed by atoms with E-state index in [-0.39, 0.29) is 18.1 Å². The first-order chi connectivity index (χ1) is 16.7. The number of hydrogen-bond donors (Lipinski definition) is 1. The van der Waals surface area contributed by atoms with Crippen molar-refractivity contribution >= 4 is 50.6 Å². The summed E-state index contributed by atoms with van der Waals surface area (Å²) in [5.41, 5.74) is 7.14. The summed E-state index contributed by atoms with van der Waals surface area (Å²) >= 11 is 5.17. The number of piperidine rings is 1. The highest BCUT2D eigenvalue weighted by Gasteiger charge is 2.30. The van der Waals surface area contributed by atoms with Crippen molar-refractivity contribution in [3.8, 4) is 11.5 Å². The fourth-order valence-electron chi connectivity index (χ4n) is 4.50. The lowest BCUT2D eigenvalue weighted by Gasteiger charge is -2.35. The third-order valence-electron chi connectivity index (χ3n) is 6.46. The SMILES string of the molecule is CC(C)(C)C(=O)N1CCC(CCn2c(Sc3cc4c(cc3Br)OCO4)nc3c(N)ncnc32)CC1. The minimum atomic E-state index is -0.336. The molecule has 1 amide bonds. The number of imidazole rings is 1. The topological polar surface area (TPSA) is 108 Å². The first-order valence-electron chi connectivity index (χ1n) is 11.7. The summed E-state index contributed by atoms with van der Waals surface area (Å²) in [5.74, 6) is 2.58. The molecule has 0 atom stereocenters. The quantitative estimate of drug-likeness (QED) is 0.477. The van der Waals surface area contributed by atoms with Gasteiger partial charge in [0.2, 0.25) is 12.7 Å². The zero-order chi connectivity index (χ0) is 24.7. The van der Waals surface area contributed by atoms with Crippen molar-refractivity contribution in [3.05, 3.63) is 22.9 Å². The van der Waals surface area contributed by atoms with Gasteiger partial charge in [-0.3, -0.25) is 4.79 Å². The molecule has 11 heteroatoms. The Bertz CT molecular complexity index is 1270. The lowest BCUT2D eigenvalue weighted by Crippen LogP contribution is -2.44. The number of aromatic nitrogens is 4. The van der Waals surface area contributed by atoms with E-state index in [0.29, 0.717) is 23.0 Å². The predicted molar refractivity (Wildman–Crippen MR) is 137 cm³/mol. The van der Waals surface area contributed by atoms with Crippen molar-refractivity contribution in [2.24, 2.45) is 11.3 Å². The second kappa shape index (κ2) is 9.50. The Labute approximate surface area is 216 Å². The number of hydrogen-bond acceptors (Lipinski definition) is 8. The Morgan fingerprint density at radius 3 is 2.63 bits per heavy atom. The lowest BCUT2D eigenvalue weighted by atomic mass is 9.90. The molecular weight excluding hydrogens is 532 g/mol. The van der Waals surface area contributed by atoms with E-state index in [1.54, 1.807) is 0 Å². The second-order valence-corrected chi connectivity index (χ2v) is 11.9. The summed E-state index contributed by atoms with van der Waals surface area (Å²) in [6.07, 6.45) is 4.46. The molecule has 0 unspecified atom stereocenters. The zero-order valence-corrected chi connectivity index (χ0v) is 22.5. The maximum atomic E-state index is 12.6. The van der Waals surface area contributed by atoms with Crippen LogP contribution in [0.3, 0.4) is 0 Å². The average Bonchev–Trinajstić information content (AvgIpc) is 3.42. The van der Waals surface area contributed by atoms with Gasteiger partial charge in [0.05, 0.1) is 0 Å². The van der Waals surface area contributed by atoms with Gasteiger partial charge in [0.1, 0.15) is 6.33 Å². The number of halogens is 1. The molecule has 0 saturated carbocycles. The van der Waals surface area contributed by atoms with Gasteiger partial charge in [-0.15, -0.1) is 0 Å². The number of fused-ring (bicyclic) bond motifs is 2. The van der Waals surface area contributed by atoms with Gasteiger partial charge in [0.15, 0.2) is 33.6 Å². The molecule has 2 N–H and O–H groups in total. The molecule has 4 heterocycles. The van der Waals surface area contributed by atoms with Crippen molar-refractivity contribution in [3.63, 3.8) is 0 Å². The van der Waals surface area contributed by atoms with Gasteiger partial charge in [-0.2, -0.15) is 0 Å². The Hall–Kier alpha value is -2.53. The van der Waals surface area contributed by atoms with Crippen LogP contribution in [0.1, 0.15) is 40.0 Å². The van der Waals surface area contributed by atoms with E-state index < -0.39 is 0 Å². The molecule has 5 rings (SSSR count). The summed E-state index contributed by atoms with van der Waals surface area (Å²) in [5, 5.41) is 0.798. The molecule has 1 aromatic carbocycles. The van der Waals surface area contributed by atoms with Crippen LogP contribution in [0.2, 0.25) is 0 Å². The molecule has 2 aliphatic rings. The molecule has 1 fully saturated rings.